The second-order valence-corrected chi connectivity index (χ2v) is 6.03. The Morgan fingerprint density at radius 1 is 1.54 bits per heavy atom. The van der Waals surface area contributed by atoms with Gasteiger partial charge in [-0.25, -0.2) is 9.18 Å². The van der Waals surface area contributed by atoms with Crippen LogP contribution < -0.4 is 5.32 Å². The van der Waals surface area contributed by atoms with Crippen molar-refractivity contribution in [3.8, 4) is 0 Å². The van der Waals surface area contributed by atoms with E-state index in [0.717, 1.165) is 19.0 Å². The number of hydrogen-bond donors (Lipinski definition) is 1. The van der Waals surface area contributed by atoms with E-state index in [1.165, 1.54) is 6.20 Å². The molecule has 0 unspecified atom stereocenters. The summed E-state index contributed by atoms with van der Waals surface area (Å²) in [7, 11) is 0. The van der Waals surface area contributed by atoms with E-state index < -0.39 is 11.9 Å². The summed E-state index contributed by atoms with van der Waals surface area (Å²) >= 11 is 0. The fourth-order valence-electron chi connectivity index (χ4n) is 2.93. The molecule has 0 bridgehead atoms. The van der Waals surface area contributed by atoms with Crippen LogP contribution in [0.4, 0.5) is 9.18 Å². The highest BCUT2D eigenvalue weighted by Gasteiger charge is 2.29. The number of aromatic nitrogens is 3. The summed E-state index contributed by atoms with van der Waals surface area (Å²) < 4.78 is 19.0. The third-order valence-corrected chi connectivity index (χ3v) is 4.21. The zero-order valence-corrected chi connectivity index (χ0v) is 13.7. The maximum atomic E-state index is 13.8. The lowest BCUT2D eigenvalue weighted by Gasteiger charge is -2.32. The summed E-state index contributed by atoms with van der Waals surface area (Å²) in [5, 5.41) is 6.64. The first-order valence-corrected chi connectivity index (χ1v) is 7.99. The molecule has 1 aliphatic rings. The van der Waals surface area contributed by atoms with Gasteiger partial charge in [0.15, 0.2) is 5.82 Å². The second-order valence-electron chi connectivity index (χ2n) is 6.03. The van der Waals surface area contributed by atoms with Gasteiger partial charge in [0.2, 0.25) is 5.89 Å². The number of carbonyl (C=O) groups is 1. The zero-order valence-electron chi connectivity index (χ0n) is 13.7. The number of piperidine rings is 1. The Labute approximate surface area is 139 Å². The predicted molar refractivity (Wildman–Crippen MR) is 83.7 cm³/mol. The molecule has 24 heavy (non-hydrogen) atoms. The van der Waals surface area contributed by atoms with Crippen LogP contribution in [0.2, 0.25) is 0 Å². The van der Waals surface area contributed by atoms with Gasteiger partial charge in [-0.3, -0.25) is 4.98 Å². The third-order valence-electron chi connectivity index (χ3n) is 4.21. The minimum Gasteiger partial charge on any atom is -0.339 e. The van der Waals surface area contributed by atoms with E-state index in [-0.39, 0.29) is 11.9 Å². The molecular formula is C16H20FN5O2. The third kappa shape index (κ3) is 3.52. The molecule has 8 heteroatoms. The van der Waals surface area contributed by atoms with E-state index >= 15 is 0 Å². The maximum Gasteiger partial charge on any atom is 0.317 e. The molecule has 0 aromatic carbocycles. The van der Waals surface area contributed by atoms with Gasteiger partial charge in [0.05, 0.1) is 18.2 Å². The van der Waals surface area contributed by atoms with E-state index in [1.54, 1.807) is 24.8 Å². The van der Waals surface area contributed by atoms with E-state index in [2.05, 4.69) is 20.4 Å². The summed E-state index contributed by atoms with van der Waals surface area (Å²) in [6, 6.07) is 0.909. The van der Waals surface area contributed by atoms with Gasteiger partial charge in [0.1, 0.15) is 5.82 Å². The molecule has 0 spiro atoms. The van der Waals surface area contributed by atoms with Gasteiger partial charge in [-0.05, 0) is 32.8 Å². The number of halogens is 1. The van der Waals surface area contributed by atoms with Crippen LogP contribution in [0.5, 0.6) is 0 Å². The van der Waals surface area contributed by atoms with Gasteiger partial charge in [-0.1, -0.05) is 5.16 Å². The van der Waals surface area contributed by atoms with Crippen LogP contribution in [0.15, 0.2) is 23.0 Å². The molecule has 2 aromatic rings. The minimum absolute atomic E-state index is 0.0404. The number of nitrogens with one attached hydrogen (secondary N) is 1. The fourth-order valence-corrected chi connectivity index (χ4v) is 2.93. The Hall–Kier alpha value is -2.51. The number of rotatable bonds is 3. The first-order valence-electron chi connectivity index (χ1n) is 7.99. The van der Waals surface area contributed by atoms with Crippen molar-refractivity contribution in [3.05, 3.63) is 41.6 Å². The Balaban J connectivity index is 1.63. The van der Waals surface area contributed by atoms with Crippen LogP contribution in [-0.2, 0) is 0 Å². The molecule has 3 rings (SSSR count). The van der Waals surface area contributed by atoms with Crippen molar-refractivity contribution < 1.29 is 13.7 Å². The van der Waals surface area contributed by atoms with Gasteiger partial charge in [0, 0.05) is 24.8 Å². The quantitative estimate of drug-likeness (QED) is 0.933. The monoisotopic (exact) mass is 333 g/mol. The van der Waals surface area contributed by atoms with Crippen molar-refractivity contribution in [2.75, 3.05) is 13.1 Å². The number of hydrogen-bond acceptors (Lipinski definition) is 5. The first kappa shape index (κ1) is 16.4. The smallest absolute Gasteiger partial charge is 0.317 e. The van der Waals surface area contributed by atoms with Crippen molar-refractivity contribution in [2.24, 2.45) is 0 Å². The summed E-state index contributed by atoms with van der Waals surface area (Å²) in [6.07, 6.45) is 4.42. The van der Waals surface area contributed by atoms with Gasteiger partial charge in [-0.15, -0.1) is 0 Å². The van der Waals surface area contributed by atoms with E-state index in [4.69, 9.17) is 4.52 Å². The topological polar surface area (TPSA) is 84.2 Å². The fraction of sp³-hybridized carbons (Fsp3) is 0.500. The Bertz CT molecular complexity index is 720. The number of likely N-dealkylation sites (tertiary alicyclic amines) is 1. The van der Waals surface area contributed by atoms with Gasteiger partial charge in [0.25, 0.3) is 0 Å². The molecule has 128 valence electrons. The lowest BCUT2D eigenvalue weighted by atomic mass is 9.98. The van der Waals surface area contributed by atoms with Crippen LogP contribution in [0, 0.1) is 12.7 Å². The number of carbonyl (C=O) groups excluding carboxylic acids is 1. The molecular weight excluding hydrogens is 313 g/mol. The summed E-state index contributed by atoms with van der Waals surface area (Å²) in [5.74, 6) is 0.772. The largest absolute Gasteiger partial charge is 0.339 e. The Morgan fingerprint density at radius 3 is 3.08 bits per heavy atom. The van der Waals surface area contributed by atoms with E-state index in [1.807, 2.05) is 0 Å². The molecule has 1 saturated heterocycles. The van der Waals surface area contributed by atoms with Crippen LogP contribution in [0.1, 0.15) is 49.0 Å². The number of aryl methyl sites for hydroxylation is 1. The standard InChI is InChI=1S/C16H20FN5O2/c1-10(13-5-6-18-8-14(13)17)19-16(23)22-7-3-4-12(9-22)15-20-11(2)21-24-15/h5-6,8,10,12H,3-4,7,9H2,1-2H3,(H,19,23)/t10-,12-/m0/s1. The maximum absolute atomic E-state index is 13.8. The molecule has 1 N–H and O–H groups in total. The van der Waals surface area contributed by atoms with E-state index in [0.29, 0.717) is 30.4 Å². The normalized spacial score (nSPS) is 19.1. The number of nitrogens with zero attached hydrogens (tertiary/aromatic N) is 4. The van der Waals surface area contributed by atoms with E-state index in [9.17, 15) is 9.18 Å². The van der Waals surface area contributed by atoms with Crippen LogP contribution >= 0.6 is 0 Å². The molecule has 2 amide bonds. The van der Waals surface area contributed by atoms with Crippen LogP contribution in [0.3, 0.4) is 0 Å². The summed E-state index contributed by atoms with van der Waals surface area (Å²) in [4.78, 5) is 22.2. The lowest BCUT2D eigenvalue weighted by Crippen LogP contribution is -2.45. The average Bonchev–Trinajstić information content (AvgIpc) is 3.02. The van der Waals surface area contributed by atoms with Gasteiger partial charge >= 0.3 is 6.03 Å². The van der Waals surface area contributed by atoms with Crippen molar-refractivity contribution >= 4 is 6.03 Å². The Kier molecular flexibility index (Phi) is 4.73. The lowest BCUT2D eigenvalue weighted by molar-refractivity contribution is 0.169. The van der Waals surface area contributed by atoms with Gasteiger partial charge < -0.3 is 14.7 Å². The number of amides is 2. The molecule has 3 heterocycles. The molecule has 1 aliphatic heterocycles. The second kappa shape index (κ2) is 6.94. The number of urea groups is 1. The molecule has 1 fully saturated rings. The summed E-state index contributed by atoms with van der Waals surface area (Å²) in [5.41, 5.74) is 0.416. The van der Waals surface area contributed by atoms with Crippen molar-refractivity contribution in [1.82, 2.24) is 25.3 Å². The average molecular weight is 333 g/mol. The predicted octanol–water partition coefficient (Wildman–Crippen LogP) is 2.56. The molecule has 0 aliphatic carbocycles. The highest BCUT2D eigenvalue weighted by Crippen LogP contribution is 2.26. The number of pyridine rings is 1. The Morgan fingerprint density at radius 2 is 2.38 bits per heavy atom. The van der Waals surface area contributed by atoms with Crippen molar-refractivity contribution in [2.45, 2.75) is 38.6 Å². The van der Waals surface area contributed by atoms with Gasteiger partial charge in [-0.2, -0.15) is 4.98 Å². The highest BCUT2D eigenvalue weighted by molar-refractivity contribution is 5.74. The minimum atomic E-state index is -0.438. The first-order chi connectivity index (χ1) is 11.5. The molecule has 0 saturated carbocycles. The van der Waals surface area contributed by atoms with Crippen LogP contribution in [-0.4, -0.2) is 39.1 Å². The molecule has 2 atom stereocenters. The van der Waals surface area contributed by atoms with Crippen molar-refractivity contribution in [1.29, 1.82) is 0 Å². The SMILES string of the molecule is Cc1noc([C@H]2CCCN(C(=O)N[C@@H](C)c3ccncc3F)C2)n1. The molecule has 7 nitrogen and oxygen atoms in total. The molecule has 0 radical (unpaired) electrons. The zero-order chi connectivity index (χ0) is 17.1. The van der Waals surface area contributed by atoms with Crippen molar-refractivity contribution in [3.63, 3.8) is 0 Å². The highest BCUT2D eigenvalue weighted by atomic mass is 19.1. The van der Waals surface area contributed by atoms with Crippen LogP contribution in [0.25, 0.3) is 0 Å². The summed E-state index contributed by atoms with van der Waals surface area (Å²) in [6.45, 7) is 4.68. The molecule has 2 aromatic heterocycles.